The van der Waals surface area contributed by atoms with Crippen LogP contribution in [0.2, 0.25) is 5.02 Å². The molecule has 0 aliphatic carbocycles. The molecule has 0 spiro atoms. The fourth-order valence-electron chi connectivity index (χ4n) is 3.42. The van der Waals surface area contributed by atoms with Crippen molar-refractivity contribution in [2.24, 2.45) is 0 Å². The van der Waals surface area contributed by atoms with Crippen molar-refractivity contribution in [1.82, 2.24) is 10.2 Å². The van der Waals surface area contributed by atoms with Crippen molar-refractivity contribution in [3.05, 3.63) is 75.0 Å². The summed E-state index contributed by atoms with van der Waals surface area (Å²) in [5.41, 5.74) is 0.182. The average Bonchev–Trinajstić information content (AvgIpc) is 3.28. The van der Waals surface area contributed by atoms with Crippen molar-refractivity contribution in [1.29, 1.82) is 0 Å². The van der Waals surface area contributed by atoms with Gasteiger partial charge < -0.3 is 9.84 Å². The number of hydrogen-bond donors (Lipinski definition) is 1. The number of benzene rings is 2. The van der Waals surface area contributed by atoms with Crippen molar-refractivity contribution >= 4 is 45.5 Å². The predicted octanol–water partition coefficient (Wildman–Crippen LogP) is 4.27. The summed E-state index contributed by atoms with van der Waals surface area (Å²) in [6, 6.07) is 8.83. The smallest absolute Gasteiger partial charge is 0.301 e. The van der Waals surface area contributed by atoms with Crippen LogP contribution < -0.4 is 9.64 Å². The van der Waals surface area contributed by atoms with E-state index in [0.29, 0.717) is 10.0 Å². The maximum atomic E-state index is 14.0. The fourth-order valence-corrected chi connectivity index (χ4v) is 4.30. The Hall–Kier alpha value is -3.30. The molecule has 1 aromatic heterocycles. The molecule has 2 aromatic carbocycles. The number of aliphatic hydroxyl groups excluding tert-OH is 1. The molecule has 158 valence electrons. The molecule has 1 saturated heterocycles. The first-order chi connectivity index (χ1) is 14.8. The molecule has 1 atom stereocenters. The van der Waals surface area contributed by atoms with Gasteiger partial charge in [-0.3, -0.25) is 14.5 Å². The highest BCUT2D eigenvalue weighted by Gasteiger charge is 2.48. The molecule has 1 aliphatic heterocycles. The molecule has 10 heteroatoms. The fraction of sp³-hybridized carbons (Fsp3) is 0.143. The van der Waals surface area contributed by atoms with Gasteiger partial charge in [-0.15, -0.1) is 10.2 Å². The first kappa shape index (κ1) is 21.0. The largest absolute Gasteiger partial charge is 0.507 e. The molecule has 2 heterocycles. The van der Waals surface area contributed by atoms with Gasteiger partial charge in [0, 0.05) is 5.02 Å². The van der Waals surface area contributed by atoms with Crippen molar-refractivity contribution in [3.8, 4) is 5.75 Å². The molecule has 0 radical (unpaired) electrons. The highest BCUT2D eigenvalue weighted by atomic mass is 35.5. The van der Waals surface area contributed by atoms with E-state index in [4.69, 9.17) is 16.3 Å². The van der Waals surface area contributed by atoms with Crippen molar-refractivity contribution < 1.29 is 23.8 Å². The lowest BCUT2D eigenvalue weighted by molar-refractivity contribution is -0.132. The third kappa shape index (κ3) is 3.66. The standard InChI is InChI=1S/C21H15ClFN3O4S/c1-10-24-25-21(31-10)26-17(11-4-3-5-13(23)8-11)16(19(28)20(26)29)18(27)14-9-12(22)6-7-15(14)30-2/h3-9,17,27H,1-2H3/b18-16+/t17-/m0/s1. The number of anilines is 1. The third-order valence-corrected chi connectivity index (χ3v) is 5.82. The number of aliphatic hydroxyl groups is 1. The first-order valence-corrected chi connectivity index (χ1v) is 10.2. The SMILES string of the molecule is COc1ccc(Cl)cc1/C(O)=C1\C(=O)C(=O)N(c2nnc(C)s2)[C@H]1c1cccc(F)c1. The molecule has 1 amide bonds. The number of aryl methyl sites for hydroxylation is 1. The number of methoxy groups -OCH3 is 1. The highest BCUT2D eigenvalue weighted by Crippen LogP contribution is 2.44. The normalized spacial score (nSPS) is 17.9. The van der Waals surface area contributed by atoms with Crippen LogP contribution in [0.1, 0.15) is 22.2 Å². The number of carbonyl (C=O) groups is 2. The monoisotopic (exact) mass is 459 g/mol. The summed E-state index contributed by atoms with van der Waals surface area (Å²) in [5, 5.41) is 20.0. The number of nitrogens with zero attached hydrogens (tertiary/aromatic N) is 3. The minimum atomic E-state index is -1.12. The van der Waals surface area contributed by atoms with Crippen LogP contribution in [0.4, 0.5) is 9.52 Å². The van der Waals surface area contributed by atoms with Gasteiger partial charge in [0.2, 0.25) is 5.13 Å². The summed E-state index contributed by atoms with van der Waals surface area (Å²) in [6.45, 7) is 1.70. The van der Waals surface area contributed by atoms with E-state index in [1.165, 1.54) is 37.4 Å². The van der Waals surface area contributed by atoms with Crippen molar-refractivity contribution in [3.63, 3.8) is 0 Å². The molecule has 1 N–H and O–H groups in total. The van der Waals surface area contributed by atoms with Gasteiger partial charge in [-0.2, -0.15) is 0 Å². The Bertz CT molecular complexity index is 1240. The topological polar surface area (TPSA) is 92.6 Å². The lowest BCUT2D eigenvalue weighted by Gasteiger charge is -2.22. The summed E-state index contributed by atoms with van der Waals surface area (Å²) in [5.74, 6) is -2.65. The van der Waals surface area contributed by atoms with Crippen LogP contribution >= 0.6 is 22.9 Å². The Labute approximate surface area is 185 Å². The van der Waals surface area contributed by atoms with Crippen LogP contribution in [-0.2, 0) is 9.59 Å². The number of rotatable bonds is 4. The Morgan fingerprint density at radius 2 is 2.00 bits per heavy atom. The Morgan fingerprint density at radius 3 is 2.65 bits per heavy atom. The number of hydrogen-bond acceptors (Lipinski definition) is 7. The van der Waals surface area contributed by atoms with Gasteiger partial charge in [0.05, 0.1) is 24.3 Å². The second-order valence-electron chi connectivity index (χ2n) is 6.67. The molecule has 1 fully saturated rings. The second-order valence-corrected chi connectivity index (χ2v) is 8.27. The van der Waals surface area contributed by atoms with Gasteiger partial charge in [0.25, 0.3) is 5.78 Å². The molecule has 31 heavy (non-hydrogen) atoms. The number of carbonyl (C=O) groups excluding carboxylic acids is 2. The van der Waals surface area contributed by atoms with E-state index >= 15 is 0 Å². The van der Waals surface area contributed by atoms with Gasteiger partial charge in [-0.05, 0) is 42.8 Å². The van der Waals surface area contributed by atoms with Gasteiger partial charge in [-0.1, -0.05) is 35.1 Å². The van der Waals surface area contributed by atoms with Crippen LogP contribution in [-0.4, -0.2) is 34.1 Å². The number of ether oxygens (including phenoxy) is 1. The molecule has 1 aliphatic rings. The first-order valence-electron chi connectivity index (χ1n) is 9.02. The summed E-state index contributed by atoms with van der Waals surface area (Å²) < 4.78 is 19.3. The highest BCUT2D eigenvalue weighted by molar-refractivity contribution is 7.15. The molecule has 3 aromatic rings. The van der Waals surface area contributed by atoms with E-state index in [9.17, 15) is 19.1 Å². The summed E-state index contributed by atoms with van der Waals surface area (Å²) in [7, 11) is 1.40. The van der Waals surface area contributed by atoms with E-state index in [0.717, 1.165) is 16.2 Å². The maximum Gasteiger partial charge on any atom is 0.301 e. The lowest BCUT2D eigenvalue weighted by Crippen LogP contribution is -2.29. The van der Waals surface area contributed by atoms with Gasteiger partial charge in [0.1, 0.15) is 22.3 Å². The maximum absolute atomic E-state index is 14.0. The third-order valence-electron chi connectivity index (χ3n) is 4.75. The number of aromatic nitrogens is 2. The second kappa shape index (κ2) is 8.09. The molecule has 0 bridgehead atoms. The molecule has 4 rings (SSSR count). The van der Waals surface area contributed by atoms with E-state index < -0.39 is 29.3 Å². The number of ketones is 1. The van der Waals surface area contributed by atoms with E-state index in [2.05, 4.69) is 10.2 Å². The minimum Gasteiger partial charge on any atom is -0.507 e. The number of amides is 1. The van der Waals surface area contributed by atoms with Gasteiger partial charge in [-0.25, -0.2) is 4.39 Å². The number of Topliss-reactive ketones (excluding diaryl/α,β-unsaturated/α-hetero) is 1. The molecular formula is C21H15ClFN3O4S. The van der Waals surface area contributed by atoms with Crippen LogP contribution in [0.25, 0.3) is 5.76 Å². The zero-order valence-electron chi connectivity index (χ0n) is 16.3. The van der Waals surface area contributed by atoms with Crippen LogP contribution in [0.3, 0.4) is 0 Å². The van der Waals surface area contributed by atoms with E-state index in [-0.39, 0.29) is 27.6 Å². The lowest BCUT2D eigenvalue weighted by atomic mass is 9.95. The predicted molar refractivity (Wildman–Crippen MR) is 114 cm³/mol. The zero-order valence-corrected chi connectivity index (χ0v) is 17.9. The van der Waals surface area contributed by atoms with Gasteiger partial charge >= 0.3 is 5.91 Å². The Morgan fingerprint density at radius 1 is 1.23 bits per heavy atom. The minimum absolute atomic E-state index is 0.128. The van der Waals surface area contributed by atoms with Gasteiger partial charge in [0.15, 0.2) is 0 Å². The molecule has 0 saturated carbocycles. The zero-order chi connectivity index (χ0) is 22.3. The summed E-state index contributed by atoms with van der Waals surface area (Å²) in [6.07, 6.45) is 0. The Balaban J connectivity index is 1.99. The molecule has 7 nitrogen and oxygen atoms in total. The van der Waals surface area contributed by atoms with Crippen LogP contribution in [0.5, 0.6) is 5.75 Å². The quantitative estimate of drug-likeness (QED) is 0.356. The average molecular weight is 460 g/mol. The van der Waals surface area contributed by atoms with Crippen LogP contribution in [0, 0.1) is 12.7 Å². The van der Waals surface area contributed by atoms with E-state index in [1.807, 2.05) is 0 Å². The van der Waals surface area contributed by atoms with E-state index in [1.54, 1.807) is 19.1 Å². The number of halogens is 2. The molecule has 0 unspecified atom stereocenters. The van der Waals surface area contributed by atoms with Crippen LogP contribution in [0.15, 0.2) is 48.0 Å². The molecular weight excluding hydrogens is 445 g/mol. The summed E-state index contributed by atoms with van der Waals surface area (Å²) >= 11 is 7.17. The van der Waals surface area contributed by atoms with Crippen molar-refractivity contribution in [2.45, 2.75) is 13.0 Å². The Kier molecular flexibility index (Phi) is 5.47. The summed E-state index contributed by atoms with van der Waals surface area (Å²) in [4.78, 5) is 27.1. The van der Waals surface area contributed by atoms with Crippen molar-refractivity contribution in [2.75, 3.05) is 12.0 Å².